The number of hydrogen-bond donors (Lipinski definition) is 0. The average Bonchev–Trinajstić information content (AvgIpc) is 2.80. The molecule has 3 rings (SSSR count). The first-order valence-electron chi connectivity index (χ1n) is 5.88. The van der Waals surface area contributed by atoms with Gasteiger partial charge in [-0.25, -0.2) is 0 Å². The number of carbonyl (C=O) groups is 3. The summed E-state index contributed by atoms with van der Waals surface area (Å²) in [7, 11) is 0. The van der Waals surface area contributed by atoms with Crippen molar-refractivity contribution in [2.24, 2.45) is 0 Å². The summed E-state index contributed by atoms with van der Waals surface area (Å²) in [6.07, 6.45) is 3.94. The van der Waals surface area contributed by atoms with E-state index in [1.54, 1.807) is 23.1 Å². The van der Waals surface area contributed by atoms with Gasteiger partial charge in [0.05, 0.1) is 0 Å². The Kier molecular flexibility index (Phi) is 2.37. The number of ketones is 2. The van der Waals surface area contributed by atoms with Crippen LogP contribution in [0.4, 0.5) is 5.69 Å². The zero-order valence-electron chi connectivity index (χ0n) is 9.68. The second-order valence-electron chi connectivity index (χ2n) is 4.44. The van der Waals surface area contributed by atoms with E-state index in [0.29, 0.717) is 29.8 Å². The molecule has 0 unspecified atom stereocenters. The van der Waals surface area contributed by atoms with Crippen LogP contribution in [0.3, 0.4) is 0 Å². The van der Waals surface area contributed by atoms with Crippen LogP contribution in [0, 0.1) is 0 Å². The number of amides is 1. The van der Waals surface area contributed by atoms with Gasteiger partial charge in [0.25, 0.3) is 0 Å². The molecular weight excluding hydrogens is 230 g/mol. The van der Waals surface area contributed by atoms with Gasteiger partial charge in [-0.2, -0.15) is 0 Å². The van der Waals surface area contributed by atoms with Crippen molar-refractivity contribution in [3.63, 3.8) is 0 Å². The summed E-state index contributed by atoms with van der Waals surface area (Å²) in [4.78, 5) is 36.7. The number of hydrogen-bond acceptors (Lipinski definition) is 3. The first-order valence-corrected chi connectivity index (χ1v) is 5.88. The maximum Gasteiger partial charge on any atom is 0.227 e. The highest BCUT2D eigenvalue weighted by atomic mass is 16.2. The topological polar surface area (TPSA) is 54.5 Å². The molecule has 0 atom stereocenters. The second-order valence-corrected chi connectivity index (χ2v) is 4.44. The summed E-state index contributed by atoms with van der Waals surface area (Å²) in [5.41, 5.74) is 1.50. The molecule has 1 amide bonds. The first kappa shape index (κ1) is 10.9. The zero-order chi connectivity index (χ0) is 12.7. The molecule has 0 radical (unpaired) electrons. The van der Waals surface area contributed by atoms with Crippen LogP contribution < -0.4 is 4.90 Å². The van der Waals surface area contributed by atoms with Crippen LogP contribution >= 0.6 is 0 Å². The van der Waals surface area contributed by atoms with E-state index in [0.717, 1.165) is 6.42 Å². The van der Waals surface area contributed by atoms with Gasteiger partial charge in [0.2, 0.25) is 5.91 Å². The normalized spacial score (nSPS) is 18.4. The summed E-state index contributed by atoms with van der Waals surface area (Å²) in [5.74, 6) is -0.276. The van der Waals surface area contributed by atoms with Crippen molar-refractivity contribution in [1.29, 1.82) is 0 Å². The fourth-order valence-electron chi connectivity index (χ4n) is 2.37. The summed E-state index contributed by atoms with van der Waals surface area (Å²) in [5, 5.41) is 0. The smallest absolute Gasteiger partial charge is 0.227 e. The Bertz CT molecular complexity index is 601. The van der Waals surface area contributed by atoms with Gasteiger partial charge in [0.15, 0.2) is 11.6 Å². The Labute approximate surface area is 104 Å². The highest BCUT2D eigenvalue weighted by Gasteiger charge is 2.25. The Hall–Kier alpha value is -2.23. The molecule has 0 N–H and O–H groups in total. The van der Waals surface area contributed by atoms with Crippen LogP contribution in [-0.4, -0.2) is 24.0 Å². The third-order valence-corrected chi connectivity index (χ3v) is 3.31. The van der Waals surface area contributed by atoms with Gasteiger partial charge >= 0.3 is 0 Å². The highest BCUT2D eigenvalue weighted by molar-refractivity contribution is 6.22. The van der Waals surface area contributed by atoms with E-state index in [-0.39, 0.29) is 17.5 Å². The summed E-state index contributed by atoms with van der Waals surface area (Å²) in [6.45, 7) is 0.676. The van der Waals surface area contributed by atoms with Gasteiger partial charge < -0.3 is 4.90 Å². The molecule has 1 heterocycles. The van der Waals surface area contributed by atoms with Crippen LogP contribution in [0.5, 0.6) is 0 Å². The summed E-state index contributed by atoms with van der Waals surface area (Å²) < 4.78 is 0. The van der Waals surface area contributed by atoms with Crippen LogP contribution in [0.1, 0.15) is 33.6 Å². The fraction of sp³-hybridized carbons (Fsp3) is 0.214. The van der Waals surface area contributed by atoms with Crippen molar-refractivity contribution in [1.82, 2.24) is 0 Å². The number of carbonyl (C=O) groups excluding carboxylic acids is 3. The Morgan fingerprint density at radius 2 is 1.67 bits per heavy atom. The van der Waals surface area contributed by atoms with Gasteiger partial charge in [-0.1, -0.05) is 0 Å². The van der Waals surface area contributed by atoms with Crippen LogP contribution in [0.15, 0.2) is 30.4 Å². The second kappa shape index (κ2) is 3.91. The molecule has 4 nitrogen and oxygen atoms in total. The Morgan fingerprint density at radius 3 is 2.33 bits per heavy atom. The molecule has 1 aromatic carbocycles. The van der Waals surface area contributed by atoms with Gasteiger partial charge in [0, 0.05) is 29.8 Å². The van der Waals surface area contributed by atoms with E-state index in [1.165, 1.54) is 12.2 Å². The minimum Gasteiger partial charge on any atom is -0.312 e. The number of anilines is 1. The molecule has 18 heavy (non-hydrogen) atoms. The van der Waals surface area contributed by atoms with Crippen molar-refractivity contribution in [3.05, 3.63) is 41.5 Å². The fourth-order valence-corrected chi connectivity index (χ4v) is 2.37. The first-order chi connectivity index (χ1) is 8.66. The maximum atomic E-state index is 11.7. The van der Waals surface area contributed by atoms with Gasteiger partial charge in [0.1, 0.15) is 0 Å². The minimum atomic E-state index is -0.182. The number of benzene rings is 1. The Balaban J connectivity index is 2.06. The lowest BCUT2D eigenvalue weighted by atomic mass is 9.94. The average molecular weight is 241 g/mol. The molecule has 2 aliphatic rings. The van der Waals surface area contributed by atoms with E-state index in [1.807, 2.05) is 0 Å². The van der Waals surface area contributed by atoms with E-state index >= 15 is 0 Å². The molecular formula is C14H11NO3. The lowest BCUT2D eigenvalue weighted by Gasteiger charge is -2.18. The highest BCUT2D eigenvalue weighted by Crippen LogP contribution is 2.26. The lowest BCUT2D eigenvalue weighted by Crippen LogP contribution is -2.24. The molecule has 0 spiro atoms. The van der Waals surface area contributed by atoms with Gasteiger partial charge in [-0.15, -0.1) is 0 Å². The van der Waals surface area contributed by atoms with E-state index in [4.69, 9.17) is 0 Å². The van der Waals surface area contributed by atoms with Gasteiger partial charge in [-0.3, -0.25) is 14.4 Å². The monoisotopic (exact) mass is 241 g/mol. The predicted molar refractivity (Wildman–Crippen MR) is 65.8 cm³/mol. The Morgan fingerprint density at radius 1 is 0.944 bits per heavy atom. The molecule has 0 aromatic heterocycles. The zero-order valence-corrected chi connectivity index (χ0v) is 9.68. The third-order valence-electron chi connectivity index (χ3n) is 3.31. The van der Waals surface area contributed by atoms with Crippen LogP contribution in [0.2, 0.25) is 0 Å². The molecule has 1 aromatic rings. The summed E-state index contributed by atoms with van der Waals surface area (Å²) in [6, 6.07) is 4.99. The van der Waals surface area contributed by atoms with E-state index in [9.17, 15) is 14.4 Å². The third kappa shape index (κ3) is 1.57. The van der Waals surface area contributed by atoms with E-state index < -0.39 is 0 Å². The SMILES string of the molecule is O=C1C=CC(=O)c2cc(N3CCCC3=O)ccc21. The van der Waals surface area contributed by atoms with Crippen molar-refractivity contribution >= 4 is 23.2 Å². The predicted octanol–water partition coefficient (Wildman–Crippen LogP) is 1.75. The number of allylic oxidation sites excluding steroid dienone is 2. The molecule has 4 heteroatoms. The van der Waals surface area contributed by atoms with Crippen molar-refractivity contribution in [2.75, 3.05) is 11.4 Å². The number of fused-ring (bicyclic) bond motifs is 1. The molecule has 1 aliphatic heterocycles. The number of nitrogens with zero attached hydrogens (tertiary/aromatic N) is 1. The standard InChI is InChI=1S/C14H11NO3/c16-12-5-6-13(17)11-8-9(3-4-10(11)12)15-7-1-2-14(15)18/h3-6,8H,1-2,7H2. The molecule has 90 valence electrons. The molecule has 0 saturated carbocycles. The van der Waals surface area contributed by atoms with Crippen molar-refractivity contribution in [2.45, 2.75) is 12.8 Å². The van der Waals surface area contributed by atoms with E-state index in [2.05, 4.69) is 0 Å². The summed E-state index contributed by atoms with van der Waals surface area (Å²) >= 11 is 0. The lowest BCUT2D eigenvalue weighted by molar-refractivity contribution is -0.117. The van der Waals surface area contributed by atoms with Crippen molar-refractivity contribution < 1.29 is 14.4 Å². The quantitative estimate of drug-likeness (QED) is 0.752. The molecule has 0 bridgehead atoms. The molecule has 1 aliphatic carbocycles. The maximum absolute atomic E-state index is 11.7. The molecule has 1 saturated heterocycles. The van der Waals surface area contributed by atoms with Gasteiger partial charge in [-0.05, 0) is 36.8 Å². The largest absolute Gasteiger partial charge is 0.312 e. The van der Waals surface area contributed by atoms with Crippen molar-refractivity contribution in [3.8, 4) is 0 Å². The molecule has 1 fully saturated rings. The minimum absolute atomic E-state index is 0.0695. The van der Waals surface area contributed by atoms with Crippen LogP contribution in [-0.2, 0) is 4.79 Å². The van der Waals surface area contributed by atoms with Crippen LogP contribution in [0.25, 0.3) is 0 Å². The number of rotatable bonds is 1.